The highest BCUT2D eigenvalue weighted by Crippen LogP contribution is 2.38. The van der Waals surface area contributed by atoms with E-state index >= 15 is 0 Å². The van der Waals surface area contributed by atoms with Gasteiger partial charge in [0.2, 0.25) is 0 Å². The van der Waals surface area contributed by atoms with Gasteiger partial charge in [0, 0.05) is 41.0 Å². The van der Waals surface area contributed by atoms with Crippen LogP contribution in [0.15, 0.2) is 48.7 Å². The Morgan fingerprint density at radius 1 is 1.10 bits per heavy atom. The Labute approximate surface area is 238 Å². The lowest BCUT2D eigenvalue weighted by Gasteiger charge is -2.36. The fraction of sp³-hybridized carbons (Fsp3) is 0.467. The molecule has 0 aliphatic carbocycles. The van der Waals surface area contributed by atoms with E-state index in [9.17, 15) is 18.7 Å². The third-order valence-electron chi connectivity index (χ3n) is 8.02. The van der Waals surface area contributed by atoms with E-state index in [0.717, 1.165) is 62.2 Å². The van der Waals surface area contributed by atoms with E-state index in [1.54, 1.807) is 4.90 Å². The summed E-state index contributed by atoms with van der Waals surface area (Å²) in [6.45, 7) is 11.3. The van der Waals surface area contributed by atoms with E-state index in [1.165, 1.54) is 16.9 Å². The Kier molecular flexibility index (Phi) is 8.61. The van der Waals surface area contributed by atoms with Gasteiger partial charge in [-0.25, -0.2) is 13.6 Å². The molecule has 2 aromatic carbocycles. The molecule has 2 fully saturated rings. The zero-order valence-electron chi connectivity index (χ0n) is 23.0. The summed E-state index contributed by atoms with van der Waals surface area (Å²) in [5, 5.41) is 14.1. The van der Waals surface area contributed by atoms with E-state index in [-0.39, 0.29) is 6.04 Å². The van der Waals surface area contributed by atoms with Crippen molar-refractivity contribution in [2.75, 3.05) is 55.6 Å². The summed E-state index contributed by atoms with van der Waals surface area (Å²) < 4.78 is 29.0. The standard InChI is InChI=1S/C30H36ClF2N5O2/c1-20(2)18-35-12-14-36(15-13-35)23-8-5-21(6-9-23)25-10-7-22(31)16-27(25)37-11-3-4-24(19-37)38-28(29(32)33)26(17-34-38)30(39)40/h5-10,16-17,20,24,29H,3-4,11-15,18-19H2,1-2H3,(H,39,40)/p+1/t24-/m1/s1. The average Bonchev–Trinajstić information content (AvgIpc) is 3.40. The number of carboxylic acid groups (broad SMARTS) is 1. The normalized spacial score (nSPS) is 18.6. The Hall–Kier alpha value is -3.17. The molecule has 3 heterocycles. The first-order valence-corrected chi connectivity index (χ1v) is 14.4. The number of aromatic carboxylic acids is 1. The molecular formula is C30H37ClF2N5O2+. The second kappa shape index (κ2) is 12.1. The van der Waals surface area contributed by atoms with Gasteiger partial charge in [-0.05, 0) is 42.7 Å². The molecule has 2 N–H and O–H groups in total. The molecule has 214 valence electrons. The van der Waals surface area contributed by atoms with Crippen molar-refractivity contribution < 1.29 is 23.6 Å². The van der Waals surface area contributed by atoms with Crippen LogP contribution in [0.2, 0.25) is 5.02 Å². The van der Waals surface area contributed by atoms with Crippen LogP contribution in [0, 0.1) is 5.92 Å². The van der Waals surface area contributed by atoms with Crippen molar-refractivity contribution in [1.82, 2.24) is 9.78 Å². The molecule has 0 bridgehead atoms. The summed E-state index contributed by atoms with van der Waals surface area (Å²) in [6, 6.07) is 14.0. The number of piperidine rings is 1. The SMILES string of the molecule is CC(C)C[NH+]1CCN(c2ccc(-c3ccc(Cl)cc3N3CCC[C@@H](n4ncc(C(=O)O)c4C(F)F)C3)cc2)CC1. The van der Waals surface area contributed by atoms with E-state index in [2.05, 4.69) is 53.0 Å². The number of benzene rings is 2. The number of carbonyl (C=O) groups is 1. The number of piperazine rings is 1. The van der Waals surface area contributed by atoms with E-state index < -0.39 is 23.7 Å². The lowest BCUT2D eigenvalue weighted by atomic mass is 9.99. The van der Waals surface area contributed by atoms with Crippen LogP contribution in [0.5, 0.6) is 0 Å². The number of hydrogen-bond acceptors (Lipinski definition) is 4. The van der Waals surface area contributed by atoms with Crippen molar-refractivity contribution in [3.8, 4) is 11.1 Å². The number of halogens is 3. The lowest BCUT2D eigenvalue weighted by molar-refractivity contribution is -0.903. The number of nitrogens with zero attached hydrogens (tertiary/aromatic N) is 4. The van der Waals surface area contributed by atoms with Crippen molar-refractivity contribution >= 4 is 28.9 Å². The van der Waals surface area contributed by atoms with Gasteiger partial charge in [-0.1, -0.05) is 43.6 Å². The third kappa shape index (κ3) is 6.10. The van der Waals surface area contributed by atoms with Crippen molar-refractivity contribution in [1.29, 1.82) is 0 Å². The van der Waals surface area contributed by atoms with Gasteiger partial charge in [0.05, 0.1) is 45.0 Å². The molecule has 2 aliphatic rings. The van der Waals surface area contributed by atoms with E-state index in [4.69, 9.17) is 11.6 Å². The minimum Gasteiger partial charge on any atom is -0.478 e. The Morgan fingerprint density at radius 2 is 1.82 bits per heavy atom. The molecular weight excluding hydrogens is 536 g/mol. The molecule has 0 saturated carbocycles. The smallest absolute Gasteiger partial charge is 0.339 e. The monoisotopic (exact) mass is 572 g/mol. The van der Waals surface area contributed by atoms with Crippen LogP contribution in [0.4, 0.5) is 20.2 Å². The molecule has 0 unspecified atom stereocenters. The molecule has 7 nitrogen and oxygen atoms in total. The molecule has 40 heavy (non-hydrogen) atoms. The Bertz CT molecular complexity index is 1320. The molecule has 2 saturated heterocycles. The highest BCUT2D eigenvalue weighted by Gasteiger charge is 2.31. The number of quaternary nitrogens is 1. The Morgan fingerprint density at radius 3 is 2.48 bits per heavy atom. The number of nitrogens with one attached hydrogen (secondary N) is 1. The highest BCUT2D eigenvalue weighted by molar-refractivity contribution is 6.31. The van der Waals surface area contributed by atoms with Crippen molar-refractivity contribution in [3.63, 3.8) is 0 Å². The summed E-state index contributed by atoms with van der Waals surface area (Å²) in [4.78, 5) is 17.8. The first kappa shape index (κ1) is 28.4. The van der Waals surface area contributed by atoms with Gasteiger partial charge in [0.25, 0.3) is 6.43 Å². The van der Waals surface area contributed by atoms with Crippen LogP contribution >= 0.6 is 11.6 Å². The second-order valence-electron chi connectivity index (χ2n) is 11.3. The number of carboxylic acids is 1. The number of anilines is 2. The van der Waals surface area contributed by atoms with Gasteiger partial charge in [-0.2, -0.15) is 5.10 Å². The molecule has 1 atom stereocenters. The van der Waals surface area contributed by atoms with E-state index in [0.29, 0.717) is 23.9 Å². The predicted molar refractivity (Wildman–Crippen MR) is 154 cm³/mol. The average molecular weight is 573 g/mol. The molecule has 2 aliphatic heterocycles. The first-order chi connectivity index (χ1) is 19.2. The second-order valence-corrected chi connectivity index (χ2v) is 11.7. The predicted octanol–water partition coefficient (Wildman–Crippen LogP) is 5.04. The summed E-state index contributed by atoms with van der Waals surface area (Å²) in [5.74, 6) is -0.689. The summed E-state index contributed by atoms with van der Waals surface area (Å²) in [5.41, 5.74) is 3.24. The first-order valence-electron chi connectivity index (χ1n) is 14.0. The molecule has 1 aromatic heterocycles. The maximum atomic E-state index is 13.9. The fourth-order valence-corrected chi connectivity index (χ4v) is 6.31. The van der Waals surface area contributed by atoms with Crippen LogP contribution < -0.4 is 14.7 Å². The van der Waals surface area contributed by atoms with Gasteiger partial charge in [0.15, 0.2) is 0 Å². The maximum absolute atomic E-state index is 13.9. The van der Waals surface area contributed by atoms with Gasteiger partial charge in [-0.3, -0.25) is 4.68 Å². The minimum absolute atomic E-state index is 0.378. The van der Waals surface area contributed by atoms with Crippen LogP contribution in [0.1, 0.15) is 55.2 Å². The highest BCUT2D eigenvalue weighted by atomic mass is 35.5. The number of rotatable bonds is 8. The van der Waals surface area contributed by atoms with Crippen molar-refractivity contribution in [2.45, 2.75) is 39.2 Å². The summed E-state index contributed by atoms with van der Waals surface area (Å²) in [7, 11) is 0. The zero-order chi connectivity index (χ0) is 28.4. The number of alkyl halides is 2. The third-order valence-corrected chi connectivity index (χ3v) is 8.26. The topological polar surface area (TPSA) is 66.0 Å². The number of aromatic nitrogens is 2. The van der Waals surface area contributed by atoms with Gasteiger partial charge in [-0.15, -0.1) is 0 Å². The Balaban J connectivity index is 1.36. The van der Waals surface area contributed by atoms with Crippen molar-refractivity contribution in [3.05, 3.63) is 64.9 Å². The van der Waals surface area contributed by atoms with Gasteiger partial charge >= 0.3 is 5.97 Å². The van der Waals surface area contributed by atoms with E-state index in [1.807, 2.05) is 18.2 Å². The molecule has 5 rings (SSSR count). The molecule has 3 aromatic rings. The quantitative estimate of drug-likeness (QED) is 0.396. The van der Waals surface area contributed by atoms with Gasteiger partial charge < -0.3 is 19.8 Å². The lowest BCUT2D eigenvalue weighted by Crippen LogP contribution is -3.15. The van der Waals surface area contributed by atoms with Crippen LogP contribution in [-0.4, -0.2) is 66.7 Å². The van der Waals surface area contributed by atoms with Crippen molar-refractivity contribution in [2.24, 2.45) is 5.92 Å². The maximum Gasteiger partial charge on any atom is 0.339 e. The molecule has 10 heteroatoms. The van der Waals surface area contributed by atoms with Crippen LogP contribution in [0.25, 0.3) is 11.1 Å². The summed E-state index contributed by atoms with van der Waals surface area (Å²) in [6.07, 6.45) is -0.511. The molecule has 0 amide bonds. The fourth-order valence-electron chi connectivity index (χ4n) is 6.14. The zero-order valence-corrected chi connectivity index (χ0v) is 23.7. The van der Waals surface area contributed by atoms with Gasteiger partial charge in [0.1, 0.15) is 11.3 Å². The van der Waals surface area contributed by atoms with Crippen LogP contribution in [-0.2, 0) is 0 Å². The molecule has 0 spiro atoms. The summed E-state index contributed by atoms with van der Waals surface area (Å²) >= 11 is 6.43. The van der Waals surface area contributed by atoms with Crippen LogP contribution in [0.3, 0.4) is 0 Å². The number of hydrogen-bond donors (Lipinski definition) is 2. The largest absolute Gasteiger partial charge is 0.478 e. The minimum atomic E-state index is -2.93. The molecule has 0 radical (unpaired) electrons.